The Morgan fingerprint density at radius 2 is 2.11 bits per heavy atom. The minimum absolute atomic E-state index is 0.0913. The molecule has 4 nitrogen and oxygen atoms in total. The third kappa shape index (κ3) is 2.64. The lowest BCUT2D eigenvalue weighted by atomic mass is 10.1. The van der Waals surface area contributed by atoms with Gasteiger partial charge >= 0.3 is 0 Å². The number of hydrogen-bond acceptors (Lipinski definition) is 3. The van der Waals surface area contributed by atoms with Crippen molar-refractivity contribution in [3.8, 4) is 0 Å². The Balaban J connectivity index is 2.33. The molecule has 1 aromatic carbocycles. The Kier molecular flexibility index (Phi) is 4.20. The number of hydrogen-bond donors (Lipinski definition) is 2. The van der Waals surface area contributed by atoms with Gasteiger partial charge in [0.2, 0.25) is 5.91 Å². The van der Waals surface area contributed by atoms with Gasteiger partial charge in [-0.25, -0.2) is 0 Å². The number of nitrogens with zero attached hydrogens (tertiary/aromatic N) is 1. The Morgan fingerprint density at radius 3 is 2.78 bits per heavy atom. The Hall–Kier alpha value is -1.55. The second kappa shape index (κ2) is 5.87. The molecular formula is C14H21N3O. The quantitative estimate of drug-likeness (QED) is 0.841. The molecule has 2 atom stereocenters. The molecule has 1 aromatic rings. The summed E-state index contributed by atoms with van der Waals surface area (Å²) in [5, 5.41) is 2.97. The minimum Gasteiger partial charge on any atom is -0.357 e. The summed E-state index contributed by atoms with van der Waals surface area (Å²) < 4.78 is 0. The molecule has 2 unspecified atom stereocenters. The van der Waals surface area contributed by atoms with Crippen molar-refractivity contribution < 1.29 is 4.79 Å². The topological polar surface area (TPSA) is 58.4 Å². The molecule has 98 valence electrons. The maximum atomic E-state index is 12.1. The van der Waals surface area contributed by atoms with E-state index in [-0.39, 0.29) is 11.9 Å². The Bertz CT molecular complexity index is 393. The summed E-state index contributed by atoms with van der Waals surface area (Å²) in [6, 6.07) is 10.3. The van der Waals surface area contributed by atoms with Gasteiger partial charge in [-0.05, 0) is 38.4 Å². The number of anilines is 1. The Morgan fingerprint density at radius 1 is 1.39 bits per heavy atom. The molecule has 1 heterocycles. The van der Waals surface area contributed by atoms with Crippen LogP contribution in [0.25, 0.3) is 0 Å². The first kappa shape index (κ1) is 12.9. The first-order chi connectivity index (χ1) is 8.74. The van der Waals surface area contributed by atoms with Crippen LogP contribution in [0.3, 0.4) is 0 Å². The van der Waals surface area contributed by atoms with Gasteiger partial charge in [-0.1, -0.05) is 18.2 Å². The van der Waals surface area contributed by atoms with Crippen molar-refractivity contribution in [1.29, 1.82) is 0 Å². The van der Waals surface area contributed by atoms with Crippen molar-refractivity contribution in [3.63, 3.8) is 0 Å². The number of nitrogens with one attached hydrogen (secondary N) is 1. The monoisotopic (exact) mass is 247 g/mol. The predicted molar refractivity (Wildman–Crippen MR) is 73.5 cm³/mol. The van der Waals surface area contributed by atoms with Crippen LogP contribution < -0.4 is 16.0 Å². The highest BCUT2D eigenvalue weighted by Gasteiger charge is 2.31. The molecule has 0 saturated carbocycles. The van der Waals surface area contributed by atoms with Crippen molar-refractivity contribution in [2.24, 2.45) is 5.73 Å². The standard InChI is InChI=1S/C14H21N3O/c1-11-8-10-16-14(18)13(7-9-15)17(11)12-5-3-2-4-6-12/h2-6,11,13H,7-10,15H2,1H3,(H,16,18). The van der Waals surface area contributed by atoms with Crippen LogP contribution in [0, 0.1) is 0 Å². The number of nitrogens with two attached hydrogens (primary N) is 1. The van der Waals surface area contributed by atoms with Gasteiger partial charge in [0, 0.05) is 18.3 Å². The zero-order chi connectivity index (χ0) is 13.0. The largest absolute Gasteiger partial charge is 0.357 e. The molecule has 4 heteroatoms. The number of amides is 1. The van der Waals surface area contributed by atoms with Gasteiger partial charge in [-0.3, -0.25) is 4.79 Å². The maximum absolute atomic E-state index is 12.1. The van der Waals surface area contributed by atoms with Gasteiger partial charge in [-0.2, -0.15) is 0 Å². The summed E-state index contributed by atoms with van der Waals surface area (Å²) in [5.41, 5.74) is 6.75. The molecule has 0 aliphatic carbocycles. The number of para-hydroxylation sites is 1. The lowest BCUT2D eigenvalue weighted by molar-refractivity contribution is -0.122. The number of carbonyl (C=O) groups excluding carboxylic acids is 1. The van der Waals surface area contributed by atoms with Crippen molar-refractivity contribution >= 4 is 11.6 Å². The number of benzene rings is 1. The summed E-state index contributed by atoms with van der Waals surface area (Å²) >= 11 is 0. The van der Waals surface area contributed by atoms with Gasteiger partial charge in [0.25, 0.3) is 0 Å². The zero-order valence-corrected chi connectivity index (χ0v) is 10.8. The van der Waals surface area contributed by atoms with E-state index in [1.54, 1.807) is 0 Å². The van der Waals surface area contributed by atoms with E-state index in [4.69, 9.17) is 5.73 Å². The van der Waals surface area contributed by atoms with E-state index < -0.39 is 0 Å². The van der Waals surface area contributed by atoms with Crippen LogP contribution in [0.15, 0.2) is 30.3 Å². The number of rotatable bonds is 3. The molecule has 1 fully saturated rings. The maximum Gasteiger partial charge on any atom is 0.242 e. The molecule has 1 aliphatic heterocycles. The summed E-state index contributed by atoms with van der Waals surface area (Å²) in [4.78, 5) is 14.3. The predicted octanol–water partition coefficient (Wildman–Crippen LogP) is 1.12. The van der Waals surface area contributed by atoms with Crippen molar-refractivity contribution in [1.82, 2.24) is 5.32 Å². The molecule has 0 bridgehead atoms. The van der Waals surface area contributed by atoms with Crippen LogP contribution in [0.1, 0.15) is 19.8 Å². The van der Waals surface area contributed by atoms with Crippen LogP contribution in [-0.4, -0.2) is 31.1 Å². The van der Waals surface area contributed by atoms with E-state index in [0.717, 1.165) is 18.7 Å². The smallest absolute Gasteiger partial charge is 0.242 e. The average molecular weight is 247 g/mol. The van der Waals surface area contributed by atoms with E-state index in [0.29, 0.717) is 19.0 Å². The van der Waals surface area contributed by atoms with Gasteiger partial charge < -0.3 is 16.0 Å². The van der Waals surface area contributed by atoms with Gasteiger partial charge in [0.1, 0.15) is 6.04 Å². The third-order valence-corrected chi connectivity index (χ3v) is 3.47. The van der Waals surface area contributed by atoms with E-state index >= 15 is 0 Å². The second-order valence-corrected chi connectivity index (χ2v) is 4.76. The van der Waals surface area contributed by atoms with E-state index in [1.807, 2.05) is 18.2 Å². The fourth-order valence-electron chi connectivity index (χ4n) is 2.56. The van der Waals surface area contributed by atoms with Gasteiger partial charge in [0.15, 0.2) is 0 Å². The van der Waals surface area contributed by atoms with E-state index in [9.17, 15) is 4.79 Å². The first-order valence-corrected chi connectivity index (χ1v) is 6.55. The fraction of sp³-hybridized carbons (Fsp3) is 0.500. The first-order valence-electron chi connectivity index (χ1n) is 6.55. The summed E-state index contributed by atoms with van der Waals surface area (Å²) in [5.74, 6) is 0.0913. The van der Waals surface area contributed by atoms with Crippen LogP contribution >= 0.6 is 0 Å². The second-order valence-electron chi connectivity index (χ2n) is 4.76. The third-order valence-electron chi connectivity index (χ3n) is 3.47. The van der Waals surface area contributed by atoms with Crippen LogP contribution in [0.4, 0.5) is 5.69 Å². The van der Waals surface area contributed by atoms with Crippen molar-refractivity contribution in [3.05, 3.63) is 30.3 Å². The van der Waals surface area contributed by atoms with E-state index in [2.05, 4.69) is 29.3 Å². The summed E-state index contributed by atoms with van der Waals surface area (Å²) in [7, 11) is 0. The van der Waals surface area contributed by atoms with Gasteiger partial charge in [-0.15, -0.1) is 0 Å². The minimum atomic E-state index is -0.158. The normalized spacial score (nSPS) is 24.6. The van der Waals surface area contributed by atoms with Gasteiger partial charge in [0.05, 0.1) is 0 Å². The highest BCUT2D eigenvalue weighted by atomic mass is 16.2. The molecule has 2 rings (SSSR count). The summed E-state index contributed by atoms with van der Waals surface area (Å²) in [6.07, 6.45) is 1.65. The van der Waals surface area contributed by atoms with Crippen LogP contribution in [0.5, 0.6) is 0 Å². The van der Waals surface area contributed by atoms with Crippen molar-refractivity contribution in [2.75, 3.05) is 18.0 Å². The molecule has 0 spiro atoms. The van der Waals surface area contributed by atoms with E-state index in [1.165, 1.54) is 0 Å². The fourth-order valence-corrected chi connectivity index (χ4v) is 2.56. The Labute approximate surface area is 108 Å². The zero-order valence-electron chi connectivity index (χ0n) is 10.8. The highest BCUT2D eigenvalue weighted by Crippen LogP contribution is 2.24. The van der Waals surface area contributed by atoms with Crippen LogP contribution in [-0.2, 0) is 4.79 Å². The lowest BCUT2D eigenvalue weighted by Crippen LogP contribution is -2.48. The average Bonchev–Trinajstić information content (AvgIpc) is 2.51. The molecule has 1 amide bonds. The lowest BCUT2D eigenvalue weighted by Gasteiger charge is -2.35. The molecule has 3 N–H and O–H groups in total. The number of carbonyl (C=O) groups is 1. The summed E-state index contributed by atoms with van der Waals surface area (Å²) in [6.45, 7) is 3.43. The molecule has 1 aliphatic rings. The molecular weight excluding hydrogens is 226 g/mol. The van der Waals surface area contributed by atoms with Crippen LogP contribution in [0.2, 0.25) is 0 Å². The molecule has 0 aromatic heterocycles. The van der Waals surface area contributed by atoms with Crippen molar-refractivity contribution in [2.45, 2.75) is 31.8 Å². The highest BCUT2D eigenvalue weighted by molar-refractivity contribution is 5.85. The molecule has 1 saturated heterocycles. The SMILES string of the molecule is CC1CCNC(=O)C(CCN)N1c1ccccc1. The molecule has 0 radical (unpaired) electrons. The molecule has 18 heavy (non-hydrogen) atoms.